The molecule has 8 heteroatoms. The van der Waals surface area contributed by atoms with E-state index in [2.05, 4.69) is 92.0 Å². The second-order valence-corrected chi connectivity index (χ2v) is 12.9. The van der Waals surface area contributed by atoms with E-state index in [9.17, 15) is 0 Å². The standard InChI is InChI=1S/C43H28N6O.Pt/c1-25-19-26(2)39(27(3)20-25)38-24-49-41-34(12-8-18-45-41)32-16-14-30(22-36(32)43(49)47-38)50-29-13-15-31-33-11-7-17-44-40(33)48-23-37(28-9-5-4-6-10-28)46-42(48)35(31)21-29;/h4-20,23-24H,1-3H3;/q-2;+2. The van der Waals surface area contributed by atoms with E-state index in [1.54, 1.807) is 0 Å². The fourth-order valence-electron chi connectivity index (χ4n) is 7.48. The van der Waals surface area contributed by atoms with Crippen molar-refractivity contribution in [1.29, 1.82) is 0 Å². The van der Waals surface area contributed by atoms with Gasteiger partial charge in [0.05, 0.1) is 22.7 Å². The molecule has 0 fully saturated rings. The first-order chi connectivity index (χ1) is 24.5. The van der Waals surface area contributed by atoms with E-state index in [0.717, 1.165) is 77.4 Å². The van der Waals surface area contributed by atoms with Gasteiger partial charge in [0.1, 0.15) is 11.3 Å². The van der Waals surface area contributed by atoms with Crippen molar-refractivity contribution in [1.82, 2.24) is 28.7 Å². The number of nitrogens with zero attached hydrogens (tertiary/aromatic N) is 6. The predicted octanol–water partition coefficient (Wildman–Crippen LogP) is 10.0. The molecule has 4 aromatic carbocycles. The van der Waals surface area contributed by atoms with Crippen LogP contribution < -0.4 is 4.74 Å². The summed E-state index contributed by atoms with van der Waals surface area (Å²) < 4.78 is 10.7. The van der Waals surface area contributed by atoms with Crippen LogP contribution in [0.4, 0.5) is 0 Å². The van der Waals surface area contributed by atoms with Gasteiger partial charge in [-0.25, -0.2) is 9.97 Å². The Morgan fingerprint density at radius 1 is 0.549 bits per heavy atom. The summed E-state index contributed by atoms with van der Waals surface area (Å²) in [6.07, 6.45) is 7.77. The molecule has 6 heterocycles. The molecule has 0 atom stereocenters. The molecule has 0 aliphatic carbocycles. The Balaban J connectivity index is 0.00000348. The molecule has 10 aromatic rings. The number of aromatic nitrogens is 6. The summed E-state index contributed by atoms with van der Waals surface area (Å²) in [5.74, 6) is 1.13. The van der Waals surface area contributed by atoms with Gasteiger partial charge >= 0.3 is 21.1 Å². The number of ether oxygens (including phenoxy) is 1. The molecule has 246 valence electrons. The van der Waals surface area contributed by atoms with E-state index in [-0.39, 0.29) is 21.1 Å². The summed E-state index contributed by atoms with van der Waals surface area (Å²) >= 11 is 0. The van der Waals surface area contributed by atoms with Crippen molar-refractivity contribution in [3.05, 3.63) is 145 Å². The largest absolute Gasteiger partial charge is 2.00 e. The zero-order valence-corrected chi connectivity index (χ0v) is 30.1. The number of imidazole rings is 2. The maximum Gasteiger partial charge on any atom is 2.00 e. The van der Waals surface area contributed by atoms with Gasteiger partial charge in [0.2, 0.25) is 0 Å². The van der Waals surface area contributed by atoms with Crippen molar-refractivity contribution >= 4 is 54.9 Å². The van der Waals surface area contributed by atoms with E-state index >= 15 is 0 Å². The molecule has 0 N–H and O–H groups in total. The fourth-order valence-corrected chi connectivity index (χ4v) is 7.48. The Morgan fingerprint density at radius 2 is 1.08 bits per heavy atom. The predicted molar refractivity (Wildman–Crippen MR) is 199 cm³/mol. The first-order valence-corrected chi connectivity index (χ1v) is 16.6. The summed E-state index contributed by atoms with van der Waals surface area (Å²) in [4.78, 5) is 19.8. The molecule has 0 bridgehead atoms. The molecular weight excluding hydrogens is 812 g/mol. The zero-order chi connectivity index (χ0) is 33.5. The van der Waals surface area contributed by atoms with Crippen molar-refractivity contribution in [3.63, 3.8) is 0 Å². The molecule has 10 rings (SSSR count). The molecule has 0 aliphatic rings. The van der Waals surface area contributed by atoms with Crippen LogP contribution in [0.2, 0.25) is 0 Å². The number of rotatable bonds is 4. The topological polar surface area (TPSA) is 69.6 Å². The van der Waals surface area contributed by atoms with Crippen LogP contribution in [0.1, 0.15) is 16.7 Å². The second-order valence-electron chi connectivity index (χ2n) is 12.9. The minimum atomic E-state index is 0. The molecule has 0 unspecified atom stereocenters. The Kier molecular flexibility index (Phi) is 7.23. The summed E-state index contributed by atoms with van der Waals surface area (Å²) in [6.45, 7) is 6.41. The van der Waals surface area contributed by atoms with E-state index < -0.39 is 0 Å². The van der Waals surface area contributed by atoms with Gasteiger partial charge in [-0.1, -0.05) is 106 Å². The third-order valence-electron chi connectivity index (χ3n) is 9.53. The van der Waals surface area contributed by atoms with Gasteiger partial charge in [-0.15, -0.1) is 12.1 Å². The Hall–Kier alpha value is -5.91. The Morgan fingerprint density at radius 3 is 1.65 bits per heavy atom. The fraction of sp³-hybridized carbons (Fsp3) is 0.0698. The van der Waals surface area contributed by atoms with Crippen molar-refractivity contribution < 1.29 is 25.8 Å². The number of fused-ring (bicyclic) bond motifs is 12. The number of hydrogen-bond donors (Lipinski definition) is 0. The molecule has 0 amide bonds. The van der Waals surface area contributed by atoms with Crippen molar-refractivity contribution in [2.45, 2.75) is 20.8 Å². The molecule has 0 saturated carbocycles. The van der Waals surface area contributed by atoms with Crippen LogP contribution >= 0.6 is 0 Å². The summed E-state index contributed by atoms with van der Waals surface area (Å²) in [5.41, 5.74) is 10.8. The first-order valence-electron chi connectivity index (χ1n) is 16.6. The van der Waals surface area contributed by atoms with Gasteiger partial charge in [-0.05, 0) is 54.8 Å². The van der Waals surface area contributed by atoms with Gasteiger partial charge in [0.15, 0.2) is 0 Å². The van der Waals surface area contributed by atoms with Crippen LogP contribution in [0.25, 0.3) is 77.4 Å². The molecule has 51 heavy (non-hydrogen) atoms. The minimum absolute atomic E-state index is 0. The Bertz CT molecular complexity index is 2980. The van der Waals surface area contributed by atoms with Gasteiger partial charge in [0, 0.05) is 47.4 Å². The second kappa shape index (κ2) is 11.9. The molecule has 0 radical (unpaired) electrons. The smallest absolute Gasteiger partial charge is 0.497 e. The molecule has 0 saturated heterocycles. The number of aryl methyl sites for hydroxylation is 3. The third-order valence-corrected chi connectivity index (χ3v) is 9.53. The number of benzene rings is 4. The molecule has 7 nitrogen and oxygen atoms in total. The van der Waals surface area contributed by atoms with Crippen molar-refractivity contribution in [2.24, 2.45) is 0 Å². The van der Waals surface area contributed by atoms with E-state index in [1.807, 2.05) is 65.5 Å². The monoisotopic (exact) mass is 839 g/mol. The van der Waals surface area contributed by atoms with Crippen LogP contribution in [0.5, 0.6) is 11.5 Å². The SMILES string of the molecule is Cc1cc(C)c(-c2cn3c(n2)c2[c-]c(Oc4[c-]c5c(cc4)c4cccnc4n4cc(-c6ccccc6)nc54)ccc2c2cccnc23)c(C)c1.[Pt+2]. The van der Waals surface area contributed by atoms with Crippen molar-refractivity contribution in [3.8, 4) is 34.0 Å². The van der Waals surface area contributed by atoms with Crippen LogP contribution in [-0.4, -0.2) is 28.7 Å². The summed E-state index contributed by atoms with van der Waals surface area (Å²) in [7, 11) is 0. The van der Waals surface area contributed by atoms with E-state index in [0.29, 0.717) is 11.5 Å². The van der Waals surface area contributed by atoms with Gasteiger partial charge < -0.3 is 13.5 Å². The van der Waals surface area contributed by atoms with Gasteiger partial charge in [-0.3, -0.25) is 9.97 Å². The molecule has 6 aromatic heterocycles. The average Bonchev–Trinajstić information content (AvgIpc) is 3.78. The van der Waals surface area contributed by atoms with E-state index in [1.165, 1.54) is 16.7 Å². The summed E-state index contributed by atoms with van der Waals surface area (Å²) in [6, 6.07) is 37.8. The average molecular weight is 840 g/mol. The quantitative estimate of drug-likeness (QED) is 0.130. The number of hydrogen-bond acceptors (Lipinski definition) is 5. The molecule has 0 aliphatic heterocycles. The minimum Gasteiger partial charge on any atom is -0.497 e. The maximum atomic E-state index is 6.53. The number of pyridine rings is 4. The van der Waals surface area contributed by atoms with Gasteiger partial charge in [0.25, 0.3) is 0 Å². The summed E-state index contributed by atoms with van der Waals surface area (Å²) in [5, 5.41) is 5.77. The Labute approximate surface area is 307 Å². The van der Waals surface area contributed by atoms with Crippen LogP contribution in [0.3, 0.4) is 0 Å². The van der Waals surface area contributed by atoms with Crippen molar-refractivity contribution in [2.75, 3.05) is 0 Å². The third kappa shape index (κ3) is 4.91. The normalized spacial score (nSPS) is 11.7. The van der Waals surface area contributed by atoms with E-state index in [4.69, 9.17) is 24.7 Å². The zero-order valence-electron chi connectivity index (χ0n) is 27.9. The van der Waals surface area contributed by atoms with Crippen LogP contribution in [-0.2, 0) is 21.1 Å². The van der Waals surface area contributed by atoms with Gasteiger partial charge in [-0.2, -0.15) is 0 Å². The molecular formula is C43H28N6OPt. The maximum absolute atomic E-state index is 6.53. The molecule has 0 spiro atoms. The van der Waals surface area contributed by atoms with Crippen LogP contribution in [0.15, 0.2) is 116 Å². The first kappa shape index (κ1) is 31.1. The van der Waals surface area contributed by atoms with Crippen LogP contribution in [0, 0.1) is 32.9 Å².